The van der Waals surface area contributed by atoms with Crippen LogP contribution in [0.25, 0.3) is 0 Å². The molecular weight excluding hydrogens is 206 g/mol. The van der Waals surface area contributed by atoms with Gasteiger partial charge in [0.1, 0.15) is 0 Å². The normalized spacial score (nSPS) is 21.0. The molecular formula is C11H19N3S. The zero-order valence-electron chi connectivity index (χ0n) is 9.25. The highest BCUT2D eigenvalue weighted by molar-refractivity contribution is 7.09. The highest BCUT2D eigenvalue weighted by Crippen LogP contribution is 2.10. The number of hydrogen-bond donors (Lipinski definition) is 2. The second-order valence-electron chi connectivity index (χ2n) is 4.08. The summed E-state index contributed by atoms with van der Waals surface area (Å²) in [5, 5.41) is 10.3. The van der Waals surface area contributed by atoms with Crippen molar-refractivity contribution < 1.29 is 0 Å². The lowest BCUT2D eigenvalue weighted by Gasteiger charge is -2.08. The molecule has 0 bridgehead atoms. The fourth-order valence-corrected chi connectivity index (χ4v) is 2.63. The van der Waals surface area contributed by atoms with Gasteiger partial charge in [0.05, 0.1) is 10.7 Å². The largest absolute Gasteiger partial charge is 0.316 e. The van der Waals surface area contributed by atoms with Gasteiger partial charge in [-0.25, -0.2) is 4.98 Å². The molecule has 1 saturated heterocycles. The lowest BCUT2D eigenvalue weighted by molar-refractivity contribution is 0.510. The summed E-state index contributed by atoms with van der Waals surface area (Å²) in [6, 6.07) is 0. The Morgan fingerprint density at radius 3 is 3.27 bits per heavy atom. The first-order valence-corrected chi connectivity index (χ1v) is 6.61. The predicted octanol–water partition coefficient (Wildman–Crippen LogP) is 1.40. The molecule has 84 valence electrons. The number of hydrogen-bond acceptors (Lipinski definition) is 4. The van der Waals surface area contributed by atoms with E-state index in [-0.39, 0.29) is 0 Å². The van der Waals surface area contributed by atoms with Crippen LogP contribution in [-0.4, -0.2) is 24.6 Å². The molecule has 0 spiro atoms. The first-order chi connectivity index (χ1) is 7.38. The number of aryl methyl sites for hydroxylation is 1. The fourth-order valence-electron chi connectivity index (χ4n) is 1.89. The topological polar surface area (TPSA) is 37.0 Å². The van der Waals surface area contributed by atoms with Crippen LogP contribution >= 0.6 is 11.3 Å². The van der Waals surface area contributed by atoms with E-state index in [1.165, 1.54) is 30.2 Å². The summed E-state index contributed by atoms with van der Waals surface area (Å²) in [5.74, 6) is 0.814. The Kier molecular flexibility index (Phi) is 4.11. The minimum absolute atomic E-state index is 0.814. The number of aromatic nitrogens is 1. The Morgan fingerprint density at radius 1 is 1.67 bits per heavy atom. The van der Waals surface area contributed by atoms with Crippen LogP contribution < -0.4 is 10.6 Å². The maximum Gasteiger partial charge on any atom is 0.0926 e. The van der Waals surface area contributed by atoms with Gasteiger partial charge in [-0.2, -0.15) is 0 Å². The molecule has 2 rings (SSSR count). The van der Waals surface area contributed by atoms with E-state index < -0.39 is 0 Å². The van der Waals surface area contributed by atoms with Crippen LogP contribution in [0.1, 0.15) is 24.0 Å². The summed E-state index contributed by atoms with van der Waals surface area (Å²) in [6.07, 6.45) is 2.36. The molecule has 2 heterocycles. The van der Waals surface area contributed by atoms with Gasteiger partial charge in [-0.3, -0.25) is 0 Å². The van der Waals surface area contributed by atoms with E-state index in [1.54, 1.807) is 11.3 Å². The van der Waals surface area contributed by atoms with Crippen LogP contribution in [0.5, 0.6) is 0 Å². The van der Waals surface area contributed by atoms with E-state index in [2.05, 4.69) is 27.9 Å². The predicted molar refractivity (Wildman–Crippen MR) is 64.2 cm³/mol. The van der Waals surface area contributed by atoms with Gasteiger partial charge in [0.2, 0.25) is 0 Å². The Balaban J connectivity index is 1.68. The van der Waals surface area contributed by atoms with Crippen molar-refractivity contribution in [1.82, 2.24) is 15.6 Å². The third-order valence-electron chi connectivity index (χ3n) is 2.80. The van der Waals surface area contributed by atoms with Crippen LogP contribution in [-0.2, 0) is 13.0 Å². The van der Waals surface area contributed by atoms with E-state index in [0.717, 1.165) is 25.4 Å². The molecule has 0 aliphatic carbocycles. The highest BCUT2D eigenvalue weighted by Gasteiger charge is 2.13. The molecule has 1 aliphatic heterocycles. The van der Waals surface area contributed by atoms with E-state index in [4.69, 9.17) is 0 Å². The summed E-state index contributed by atoms with van der Waals surface area (Å²) >= 11 is 1.77. The van der Waals surface area contributed by atoms with E-state index >= 15 is 0 Å². The monoisotopic (exact) mass is 225 g/mol. The molecule has 0 radical (unpaired) electrons. The number of thiazole rings is 1. The third-order valence-corrected chi connectivity index (χ3v) is 3.85. The van der Waals surface area contributed by atoms with E-state index in [0.29, 0.717) is 0 Å². The first kappa shape index (κ1) is 11.0. The van der Waals surface area contributed by atoms with Crippen LogP contribution in [0.2, 0.25) is 0 Å². The fraction of sp³-hybridized carbons (Fsp3) is 0.727. The Hall–Kier alpha value is -0.450. The van der Waals surface area contributed by atoms with Gasteiger partial charge >= 0.3 is 0 Å². The van der Waals surface area contributed by atoms with E-state index in [9.17, 15) is 0 Å². The maximum absolute atomic E-state index is 4.53. The maximum atomic E-state index is 4.53. The molecule has 4 heteroatoms. The molecule has 1 aliphatic rings. The van der Waals surface area contributed by atoms with Crippen molar-refractivity contribution in [3.8, 4) is 0 Å². The average Bonchev–Trinajstić information content (AvgIpc) is 2.88. The molecule has 1 atom stereocenters. The minimum Gasteiger partial charge on any atom is -0.316 e. The summed E-state index contributed by atoms with van der Waals surface area (Å²) in [6.45, 7) is 6.55. The molecule has 0 amide bonds. The average molecular weight is 225 g/mol. The molecule has 1 unspecified atom stereocenters. The van der Waals surface area contributed by atoms with Gasteiger partial charge in [0.25, 0.3) is 0 Å². The van der Waals surface area contributed by atoms with Gasteiger partial charge in [0.15, 0.2) is 0 Å². The molecule has 0 aromatic carbocycles. The summed E-state index contributed by atoms with van der Waals surface area (Å²) in [5.41, 5.74) is 1.20. The standard InChI is InChI=1S/C11H19N3S/c1-2-11-14-10(8-15-11)7-13-6-9-3-4-12-5-9/h8-9,12-13H,2-7H2,1H3. The Bertz CT molecular complexity index is 292. The number of rotatable bonds is 5. The molecule has 1 aromatic rings. The summed E-state index contributed by atoms with van der Waals surface area (Å²) in [7, 11) is 0. The molecule has 1 aromatic heterocycles. The van der Waals surface area contributed by atoms with Crippen molar-refractivity contribution in [2.45, 2.75) is 26.3 Å². The number of nitrogens with zero attached hydrogens (tertiary/aromatic N) is 1. The molecule has 0 saturated carbocycles. The molecule has 15 heavy (non-hydrogen) atoms. The molecule has 3 nitrogen and oxygen atoms in total. The third kappa shape index (κ3) is 3.26. The van der Waals surface area contributed by atoms with Crippen LogP contribution in [0.15, 0.2) is 5.38 Å². The lowest BCUT2D eigenvalue weighted by Crippen LogP contribution is -2.24. The van der Waals surface area contributed by atoms with Gasteiger partial charge in [-0.15, -0.1) is 11.3 Å². The van der Waals surface area contributed by atoms with Crippen LogP contribution in [0.3, 0.4) is 0 Å². The van der Waals surface area contributed by atoms with Crippen molar-refractivity contribution in [2.75, 3.05) is 19.6 Å². The van der Waals surface area contributed by atoms with Crippen LogP contribution in [0, 0.1) is 5.92 Å². The zero-order valence-corrected chi connectivity index (χ0v) is 10.1. The Labute approximate surface area is 95.3 Å². The van der Waals surface area contributed by atoms with Gasteiger partial charge in [0, 0.05) is 11.9 Å². The first-order valence-electron chi connectivity index (χ1n) is 5.73. The molecule has 2 N–H and O–H groups in total. The minimum atomic E-state index is 0.814. The van der Waals surface area contributed by atoms with Crippen molar-refractivity contribution in [3.05, 3.63) is 16.1 Å². The summed E-state index contributed by atoms with van der Waals surface area (Å²) < 4.78 is 0. The highest BCUT2D eigenvalue weighted by atomic mass is 32.1. The van der Waals surface area contributed by atoms with Crippen molar-refractivity contribution >= 4 is 11.3 Å². The number of nitrogens with one attached hydrogen (secondary N) is 2. The second kappa shape index (κ2) is 5.58. The smallest absolute Gasteiger partial charge is 0.0926 e. The SMILES string of the molecule is CCc1nc(CNCC2CCNC2)cs1. The van der Waals surface area contributed by atoms with Gasteiger partial charge in [-0.05, 0) is 38.4 Å². The van der Waals surface area contributed by atoms with Gasteiger partial charge in [-0.1, -0.05) is 6.92 Å². The molecule has 1 fully saturated rings. The zero-order chi connectivity index (χ0) is 10.5. The van der Waals surface area contributed by atoms with Crippen molar-refractivity contribution in [1.29, 1.82) is 0 Å². The van der Waals surface area contributed by atoms with Crippen LogP contribution in [0.4, 0.5) is 0 Å². The van der Waals surface area contributed by atoms with Gasteiger partial charge < -0.3 is 10.6 Å². The quantitative estimate of drug-likeness (QED) is 0.795. The van der Waals surface area contributed by atoms with Crippen molar-refractivity contribution in [3.63, 3.8) is 0 Å². The summed E-state index contributed by atoms with van der Waals surface area (Å²) in [4.78, 5) is 4.53. The Morgan fingerprint density at radius 2 is 2.60 bits per heavy atom. The second-order valence-corrected chi connectivity index (χ2v) is 5.02. The van der Waals surface area contributed by atoms with E-state index in [1.807, 2.05) is 0 Å². The van der Waals surface area contributed by atoms with Crippen molar-refractivity contribution in [2.24, 2.45) is 5.92 Å². The lowest BCUT2D eigenvalue weighted by atomic mass is 10.1.